The normalized spacial score (nSPS) is 16.7. The van der Waals surface area contributed by atoms with Crippen molar-refractivity contribution >= 4 is 18.0 Å². The fraction of sp³-hybridized carbons (Fsp3) is 0.400. The average molecular weight is 437 g/mol. The number of carboxylic acid groups (broad SMARTS) is 1. The summed E-state index contributed by atoms with van der Waals surface area (Å²) in [5.41, 5.74) is 4.63. The van der Waals surface area contributed by atoms with Crippen molar-refractivity contribution in [3.05, 3.63) is 59.7 Å². The van der Waals surface area contributed by atoms with E-state index in [1.54, 1.807) is 11.8 Å². The standard InChI is InChI=1S/C25H28N2O5/c1-16(14-23(28)27-12-10-17(11-13-27)24(29)30)26-25(31)32-15-22-20-8-4-2-6-18(20)19-7-3-5-9-21(19)22/h2-9,16-17,22H,10-15H2,1H3,(H,26,31)(H,29,30)/t16-/m0/s1. The molecule has 2 N–H and O–H groups in total. The van der Waals surface area contributed by atoms with Gasteiger partial charge in [0.05, 0.1) is 5.92 Å². The Morgan fingerprint density at radius 1 is 1.03 bits per heavy atom. The summed E-state index contributed by atoms with van der Waals surface area (Å²) in [5.74, 6) is -1.28. The number of carbonyl (C=O) groups is 3. The van der Waals surface area contributed by atoms with Gasteiger partial charge in [0.15, 0.2) is 0 Å². The summed E-state index contributed by atoms with van der Waals surface area (Å²) in [6, 6.07) is 15.9. The fourth-order valence-corrected chi connectivity index (χ4v) is 4.66. The Morgan fingerprint density at radius 3 is 2.16 bits per heavy atom. The van der Waals surface area contributed by atoms with Crippen LogP contribution in [0.2, 0.25) is 0 Å². The number of piperidine rings is 1. The SMILES string of the molecule is C[C@@H](CC(=O)N1CCC(C(=O)O)CC1)NC(=O)OCC1c2ccccc2-c2ccccc21. The Balaban J connectivity index is 1.27. The van der Waals surface area contributed by atoms with Crippen molar-refractivity contribution in [1.82, 2.24) is 10.2 Å². The predicted molar refractivity (Wildman–Crippen MR) is 119 cm³/mol. The third kappa shape index (κ3) is 4.61. The number of rotatable bonds is 6. The Bertz CT molecular complexity index is 967. The molecule has 1 aliphatic heterocycles. The third-order valence-corrected chi connectivity index (χ3v) is 6.39. The molecule has 32 heavy (non-hydrogen) atoms. The number of alkyl carbamates (subject to hydrolysis) is 1. The maximum atomic E-state index is 12.5. The highest BCUT2D eigenvalue weighted by Crippen LogP contribution is 2.44. The Labute approximate surface area is 187 Å². The lowest BCUT2D eigenvalue weighted by Crippen LogP contribution is -2.43. The molecule has 1 aliphatic carbocycles. The second-order valence-electron chi connectivity index (χ2n) is 8.57. The van der Waals surface area contributed by atoms with Crippen molar-refractivity contribution in [1.29, 1.82) is 0 Å². The third-order valence-electron chi connectivity index (χ3n) is 6.39. The summed E-state index contributed by atoms with van der Waals surface area (Å²) in [5, 5.41) is 11.8. The van der Waals surface area contributed by atoms with Gasteiger partial charge in [0, 0.05) is 31.5 Å². The van der Waals surface area contributed by atoms with E-state index in [1.807, 2.05) is 24.3 Å². The van der Waals surface area contributed by atoms with E-state index in [9.17, 15) is 14.4 Å². The second-order valence-corrected chi connectivity index (χ2v) is 8.57. The van der Waals surface area contributed by atoms with E-state index in [1.165, 1.54) is 11.1 Å². The highest BCUT2D eigenvalue weighted by molar-refractivity contribution is 5.80. The first-order chi connectivity index (χ1) is 15.4. The predicted octanol–water partition coefficient (Wildman–Crippen LogP) is 3.63. The van der Waals surface area contributed by atoms with Crippen LogP contribution < -0.4 is 5.32 Å². The van der Waals surface area contributed by atoms with Gasteiger partial charge in [0.25, 0.3) is 0 Å². The van der Waals surface area contributed by atoms with Crippen molar-refractivity contribution in [3.8, 4) is 11.1 Å². The van der Waals surface area contributed by atoms with E-state index >= 15 is 0 Å². The van der Waals surface area contributed by atoms with Gasteiger partial charge in [-0.25, -0.2) is 4.79 Å². The van der Waals surface area contributed by atoms with Crippen LogP contribution in [0.4, 0.5) is 4.79 Å². The van der Waals surface area contributed by atoms with Crippen LogP contribution >= 0.6 is 0 Å². The van der Waals surface area contributed by atoms with Crippen molar-refractivity contribution in [2.45, 2.75) is 38.1 Å². The van der Waals surface area contributed by atoms with Gasteiger partial charge in [0.1, 0.15) is 6.61 Å². The number of benzene rings is 2. The zero-order chi connectivity index (χ0) is 22.7. The molecule has 2 aromatic carbocycles. The van der Waals surface area contributed by atoms with Crippen molar-refractivity contribution in [2.24, 2.45) is 5.92 Å². The molecule has 1 fully saturated rings. The molecule has 0 aromatic heterocycles. The first-order valence-electron chi connectivity index (χ1n) is 11.1. The number of carbonyl (C=O) groups excluding carboxylic acids is 2. The minimum absolute atomic E-state index is 0.0133. The highest BCUT2D eigenvalue weighted by Gasteiger charge is 2.30. The molecule has 0 radical (unpaired) electrons. The Kier molecular flexibility index (Phi) is 6.44. The molecular formula is C25H28N2O5. The van der Waals surface area contributed by atoms with Crippen LogP contribution in [-0.4, -0.2) is 53.7 Å². The van der Waals surface area contributed by atoms with Crippen molar-refractivity contribution in [2.75, 3.05) is 19.7 Å². The Morgan fingerprint density at radius 2 is 1.59 bits per heavy atom. The molecular weight excluding hydrogens is 408 g/mol. The van der Waals surface area contributed by atoms with E-state index in [0.717, 1.165) is 11.1 Å². The number of amides is 2. The van der Waals surface area contributed by atoms with Crippen molar-refractivity contribution < 1.29 is 24.2 Å². The molecule has 0 spiro atoms. The summed E-state index contributed by atoms with van der Waals surface area (Å²) in [6.45, 7) is 2.87. The average Bonchev–Trinajstić information content (AvgIpc) is 3.11. The van der Waals surface area contributed by atoms with Crippen LogP contribution in [0.1, 0.15) is 43.2 Å². The van der Waals surface area contributed by atoms with Crippen LogP contribution in [0, 0.1) is 5.92 Å². The lowest BCUT2D eigenvalue weighted by atomic mass is 9.97. The Hall–Kier alpha value is -3.35. The number of ether oxygens (including phenoxy) is 1. The maximum Gasteiger partial charge on any atom is 0.407 e. The van der Waals surface area contributed by atoms with Gasteiger partial charge in [0.2, 0.25) is 5.91 Å². The largest absolute Gasteiger partial charge is 0.481 e. The molecule has 7 heteroatoms. The molecule has 2 amide bonds. The minimum atomic E-state index is -0.803. The van der Waals surface area contributed by atoms with Crippen LogP contribution in [0.15, 0.2) is 48.5 Å². The highest BCUT2D eigenvalue weighted by atomic mass is 16.5. The van der Waals surface area contributed by atoms with Gasteiger partial charge in [-0.2, -0.15) is 0 Å². The number of fused-ring (bicyclic) bond motifs is 3. The molecule has 2 aliphatic rings. The van der Waals surface area contributed by atoms with E-state index in [2.05, 4.69) is 29.6 Å². The molecule has 1 saturated heterocycles. The molecule has 0 saturated carbocycles. The molecule has 1 atom stereocenters. The monoisotopic (exact) mass is 436 g/mol. The molecule has 1 heterocycles. The number of hydrogen-bond donors (Lipinski definition) is 2. The van der Waals surface area contributed by atoms with Crippen LogP contribution in [0.5, 0.6) is 0 Å². The topological polar surface area (TPSA) is 95.9 Å². The number of hydrogen-bond acceptors (Lipinski definition) is 4. The number of nitrogens with one attached hydrogen (secondary N) is 1. The minimum Gasteiger partial charge on any atom is -0.481 e. The van der Waals surface area contributed by atoms with Gasteiger partial charge < -0.3 is 20.1 Å². The molecule has 7 nitrogen and oxygen atoms in total. The van der Waals surface area contributed by atoms with Gasteiger partial charge in [-0.3, -0.25) is 9.59 Å². The molecule has 168 valence electrons. The summed E-state index contributed by atoms with van der Waals surface area (Å²) in [4.78, 5) is 37.6. The summed E-state index contributed by atoms with van der Waals surface area (Å²) in [7, 11) is 0. The van der Waals surface area contributed by atoms with Gasteiger partial charge >= 0.3 is 12.1 Å². The van der Waals surface area contributed by atoms with Crippen LogP contribution in [0.3, 0.4) is 0 Å². The lowest BCUT2D eigenvalue weighted by Gasteiger charge is -2.31. The smallest absolute Gasteiger partial charge is 0.407 e. The van der Waals surface area contributed by atoms with Crippen molar-refractivity contribution in [3.63, 3.8) is 0 Å². The molecule has 0 bridgehead atoms. The number of nitrogens with zero attached hydrogens (tertiary/aromatic N) is 1. The molecule has 4 rings (SSSR count). The zero-order valence-electron chi connectivity index (χ0n) is 18.1. The second kappa shape index (κ2) is 9.42. The molecule has 0 unspecified atom stereocenters. The number of carboxylic acids is 1. The molecule has 2 aromatic rings. The number of aliphatic carboxylic acids is 1. The first kappa shape index (κ1) is 21.9. The van der Waals surface area contributed by atoms with Gasteiger partial charge in [-0.15, -0.1) is 0 Å². The van der Waals surface area contributed by atoms with Gasteiger partial charge in [-0.1, -0.05) is 48.5 Å². The van der Waals surface area contributed by atoms with Crippen LogP contribution in [0.25, 0.3) is 11.1 Å². The summed E-state index contributed by atoms with van der Waals surface area (Å²) < 4.78 is 5.54. The quantitative estimate of drug-likeness (QED) is 0.721. The number of likely N-dealkylation sites (tertiary alicyclic amines) is 1. The fourth-order valence-electron chi connectivity index (χ4n) is 4.66. The van der Waals surface area contributed by atoms with E-state index in [0.29, 0.717) is 25.9 Å². The summed E-state index contributed by atoms with van der Waals surface area (Å²) in [6.07, 6.45) is 0.545. The zero-order valence-corrected chi connectivity index (χ0v) is 18.1. The van der Waals surface area contributed by atoms with E-state index in [4.69, 9.17) is 9.84 Å². The van der Waals surface area contributed by atoms with Gasteiger partial charge in [-0.05, 0) is 42.0 Å². The van der Waals surface area contributed by atoms with E-state index < -0.39 is 12.1 Å². The lowest BCUT2D eigenvalue weighted by molar-refractivity contribution is -0.145. The first-order valence-corrected chi connectivity index (χ1v) is 11.1. The van der Waals surface area contributed by atoms with E-state index in [-0.39, 0.29) is 36.8 Å². The maximum absolute atomic E-state index is 12.5. The van der Waals surface area contributed by atoms with Crippen LogP contribution in [-0.2, 0) is 14.3 Å². The summed E-state index contributed by atoms with van der Waals surface area (Å²) >= 11 is 0.